The number of amides is 1. The first-order valence-electron chi connectivity index (χ1n) is 6.61. The number of nitrogens with two attached hydrogens (primary N) is 1. The molecule has 1 aliphatic rings. The molecule has 1 aliphatic heterocycles. The number of hydrogen-bond acceptors (Lipinski definition) is 4. The molecule has 104 valence electrons. The second-order valence-electron chi connectivity index (χ2n) is 5.23. The average Bonchev–Trinajstić information content (AvgIpc) is 2.40. The molecule has 0 aromatic heterocycles. The van der Waals surface area contributed by atoms with Crippen LogP contribution in [-0.2, 0) is 0 Å². The van der Waals surface area contributed by atoms with Gasteiger partial charge in [0.1, 0.15) is 5.75 Å². The van der Waals surface area contributed by atoms with Crippen molar-refractivity contribution in [2.45, 2.75) is 12.8 Å². The van der Waals surface area contributed by atoms with E-state index in [4.69, 9.17) is 5.73 Å². The Bertz CT molecular complexity index is 454. The number of benzene rings is 1. The second-order valence-corrected chi connectivity index (χ2v) is 5.23. The Kier molecular flexibility index (Phi) is 4.27. The highest BCUT2D eigenvalue weighted by Gasteiger charge is 2.18. The minimum atomic E-state index is -0.215. The number of anilines is 1. The maximum atomic E-state index is 12.0. The molecule has 0 saturated carbocycles. The van der Waals surface area contributed by atoms with Crippen molar-refractivity contribution in [3.05, 3.63) is 23.8 Å². The Morgan fingerprint density at radius 3 is 2.84 bits per heavy atom. The van der Waals surface area contributed by atoms with Gasteiger partial charge in [0, 0.05) is 12.2 Å². The van der Waals surface area contributed by atoms with Crippen LogP contribution in [0.5, 0.6) is 5.75 Å². The van der Waals surface area contributed by atoms with Gasteiger partial charge in [0.25, 0.3) is 5.91 Å². The van der Waals surface area contributed by atoms with Gasteiger partial charge in [0.05, 0.1) is 5.56 Å². The van der Waals surface area contributed by atoms with Crippen LogP contribution in [0.2, 0.25) is 0 Å². The molecule has 1 saturated heterocycles. The molecule has 0 radical (unpaired) electrons. The Morgan fingerprint density at radius 2 is 2.16 bits per heavy atom. The summed E-state index contributed by atoms with van der Waals surface area (Å²) in [5.41, 5.74) is 6.47. The maximum Gasteiger partial charge on any atom is 0.253 e. The third kappa shape index (κ3) is 3.61. The van der Waals surface area contributed by atoms with E-state index in [2.05, 4.69) is 17.3 Å². The molecule has 5 nitrogen and oxygen atoms in total. The monoisotopic (exact) mass is 263 g/mol. The normalized spacial score (nSPS) is 17.3. The number of nitrogens with one attached hydrogen (secondary N) is 1. The zero-order valence-electron chi connectivity index (χ0n) is 11.2. The lowest BCUT2D eigenvalue weighted by Gasteiger charge is -2.28. The molecule has 1 aromatic rings. The highest BCUT2D eigenvalue weighted by Crippen LogP contribution is 2.19. The lowest BCUT2D eigenvalue weighted by molar-refractivity contribution is 0.0939. The van der Waals surface area contributed by atoms with Crippen LogP contribution < -0.4 is 11.1 Å². The number of carbonyl (C=O) groups excluding carboxylic acids is 1. The molecule has 4 N–H and O–H groups in total. The number of piperidine rings is 1. The standard InChI is InChI=1S/C14H21N3O2/c1-17-6-4-10(5-7-17)9-16-14(19)12-8-11(18)2-3-13(12)15/h2-3,8,10,18H,4-7,9,15H2,1H3,(H,16,19). The predicted molar refractivity (Wildman–Crippen MR) is 75.1 cm³/mol. The van der Waals surface area contributed by atoms with E-state index >= 15 is 0 Å². The summed E-state index contributed by atoms with van der Waals surface area (Å²) in [6.07, 6.45) is 2.21. The van der Waals surface area contributed by atoms with E-state index in [1.54, 1.807) is 6.07 Å². The van der Waals surface area contributed by atoms with Gasteiger partial charge in [-0.15, -0.1) is 0 Å². The molecule has 1 fully saturated rings. The molecule has 0 aliphatic carbocycles. The summed E-state index contributed by atoms with van der Waals surface area (Å²) in [4.78, 5) is 14.3. The van der Waals surface area contributed by atoms with Gasteiger partial charge < -0.3 is 21.1 Å². The van der Waals surface area contributed by atoms with Crippen LogP contribution in [0.3, 0.4) is 0 Å². The Labute approximate surface area is 113 Å². The number of rotatable bonds is 3. The number of nitrogens with zero attached hydrogens (tertiary/aromatic N) is 1. The van der Waals surface area contributed by atoms with Crippen LogP contribution in [-0.4, -0.2) is 42.6 Å². The molecular formula is C14H21N3O2. The van der Waals surface area contributed by atoms with Crippen molar-refractivity contribution >= 4 is 11.6 Å². The molecule has 5 heteroatoms. The molecule has 1 amide bonds. The fourth-order valence-corrected chi connectivity index (χ4v) is 2.34. The van der Waals surface area contributed by atoms with E-state index in [0.29, 0.717) is 23.7 Å². The molecule has 1 heterocycles. The molecule has 0 spiro atoms. The third-order valence-corrected chi connectivity index (χ3v) is 3.67. The van der Waals surface area contributed by atoms with Crippen molar-refractivity contribution in [3.8, 4) is 5.75 Å². The van der Waals surface area contributed by atoms with Crippen molar-refractivity contribution in [2.75, 3.05) is 32.4 Å². The molecule has 0 unspecified atom stereocenters. The van der Waals surface area contributed by atoms with Gasteiger partial charge in [0.2, 0.25) is 0 Å². The van der Waals surface area contributed by atoms with E-state index in [9.17, 15) is 9.90 Å². The molecule has 1 aromatic carbocycles. The van der Waals surface area contributed by atoms with Crippen molar-refractivity contribution in [2.24, 2.45) is 5.92 Å². The summed E-state index contributed by atoms with van der Waals surface area (Å²) in [6.45, 7) is 2.82. The number of aromatic hydroxyl groups is 1. The van der Waals surface area contributed by atoms with E-state index in [1.165, 1.54) is 12.1 Å². The lowest BCUT2D eigenvalue weighted by Crippen LogP contribution is -2.37. The van der Waals surface area contributed by atoms with Gasteiger partial charge in [-0.25, -0.2) is 0 Å². The maximum absolute atomic E-state index is 12.0. The van der Waals surface area contributed by atoms with E-state index in [-0.39, 0.29) is 11.7 Å². The first-order valence-corrected chi connectivity index (χ1v) is 6.61. The number of carbonyl (C=O) groups is 1. The predicted octanol–water partition coefficient (Wildman–Crippen LogP) is 1.05. The van der Waals surface area contributed by atoms with Crippen LogP contribution >= 0.6 is 0 Å². The largest absolute Gasteiger partial charge is 0.508 e. The van der Waals surface area contributed by atoms with Gasteiger partial charge in [0.15, 0.2) is 0 Å². The molecule has 2 rings (SSSR count). The van der Waals surface area contributed by atoms with E-state index in [0.717, 1.165) is 25.9 Å². The molecule has 0 atom stereocenters. The van der Waals surface area contributed by atoms with Crippen LogP contribution in [0.4, 0.5) is 5.69 Å². The molecule has 19 heavy (non-hydrogen) atoms. The van der Waals surface area contributed by atoms with Gasteiger partial charge in [-0.3, -0.25) is 4.79 Å². The summed E-state index contributed by atoms with van der Waals surface area (Å²) in [6, 6.07) is 4.42. The van der Waals surface area contributed by atoms with Crippen LogP contribution in [0, 0.1) is 5.92 Å². The Balaban J connectivity index is 1.89. The highest BCUT2D eigenvalue weighted by atomic mass is 16.3. The zero-order chi connectivity index (χ0) is 13.8. The zero-order valence-corrected chi connectivity index (χ0v) is 11.2. The number of nitrogen functional groups attached to an aromatic ring is 1. The van der Waals surface area contributed by atoms with Crippen LogP contribution in [0.25, 0.3) is 0 Å². The minimum absolute atomic E-state index is 0.0543. The molecule has 0 bridgehead atoms. The van der Waals surface area contributed by atoms with Gasteiger partial charge in [-0.1, -0.05) is 0 Å². The van der Waals surface area contributed by atoms with Crippen LogP contribution in [0.1, 0.15) is 23.2 Å². The summed E-state index contributed by atoms with van der Waals surface area (Å²) in [5.74, 6) is 0.365. The van der Waals surface area contributed by atoms with Crippen molar-refractivity contribution in [1.82, 2.24) is 10.2 Å². The first-order chi connectivity index (χ1) is 9.06. The van der Waals surface area contributed by atoms with Crippen LogP contribution in [0.15, 0.2) is 18.2 Å². The fourth-order valence-electron chi connectivity index (χ4n) is 2.34. The average molecular weight is 263 g/mol. The number of likely N-dealkylation sites (tertiary alicyclic amines) is 1. The Morgan fingerprint density at radius 1 is 1.47 bits per heavy atom. The van der Waals surface area contributed by atoms with E-state index < -0.39 is 0 Å². The van der Waals surface area contributed by atoms with E-state index in [1.807, 2.05) is 0 Å². The minimum Gasteiger partial charge on any atom is -0.508 e. The summed E-state index contributed by atoms with van der Waals surface area (Å²) >= 11 is 0. The number of phenols is 1. The highest BCUT2D eigenvalue weighted by molar-refractivity contribution is 5.99. The fraction of sp³-hybridized carbons (Fsp3) is 0.500. The molecular weight excluding hydrogens is 242 g/mol. The summed E-state index contributed by atoms with van der Waals surface area (Å²) in [5, 5.41) is 12.3. The number of hydrogen-bond donors (Lipinski definition) is 3. The van der Waals surface area contributed by atoms with Crippen molar-refractivity contribution in [3.63, 3.8) is 0 Å². The lowest BCUT2D eigenvalue weighted by atomic mass is 9.97. The van der Waals surface area contributed by atoms with Crippen molar-refractivity contribution < 1.29 is 9.90 Å². The van der Waals surface area contributed by atoms with Gasteiger partial charge in [-0.2, -0.15) is 0 Å². The SMILES string of the molecule is CN1CCC(CNC(=O)c2cc(O)ccc2N)CC1. The Hall–Kier alpha value is -1.75. The van der Waals surface area contributed by atoms with Gasteiger partial charge >= 0.3 is 0 Å². The topological polar surface area (TPSA) is 78.6 Å². The van der Waals surface area contributed by atoms with Crippen molar-refractivity contribution in [1.29, 1.82) is 0 Å². The number of phenolic OH excluding ortho intramolecular Hbond substituents is 1. The smallest absolute Gasteiger partial charge is 0.253 e. The first kappa shape index (κ1) is 13.7. The summed E-state index contributed by atoms with van der Waals surface area (Å²) in [7, 11) is 2.11. The summed E-state index contributed by atoms with van der Waals surface area (Å²) < 4.78 is 0. The third-order valence-electron chi connectivity index (χ3n) is 3.67. The van der Waals surface area contributed by atoms with Gasteiger partial charge in [-0.05, 0) is 57.1 Å². The second kappa shape index (κ2) is 5.93. The quantitative estimate of drug-likeness (QED) is 0.562.